The molecular weight excluding hydrogens is 306 g/mol. The Balaban J connectivity index is 1.83. The summed E-state index contributed by atoms with van der Waals surface area (Å²) in [5.74, 6) is -0.218. The van der Waals surface area contributed by atoms with Crippen molar-refractivity contribution in [3.63, 3.8) is 0 Å². The van der Waals surface area contributed by atoms with Crippen LogP contribution in [0.15, 0.2) is 47.7 Å². The van der Waals surface area contributed by atoms with Crippen molar-refractivity contribution in [2.45, 2.75) is 20.0 Å². The van der Waals surface area contributed by atoms with Crippen molar-refractivity contribution in [2.75, 3.05) is 7.05 Å². The van der Waals surface area contributed by atoms with E-state index >= 15 is 0 Å². The molecule has 7 nitrogen and oxygen atoms in total. The van der Waals surface area contributed by atoms with Gasteiger partial charge in [0.2, 0.25) is 5.91 Å². The maximum absolute atomic E-state index is 12.5. The maximum Gasteiger partial charge on any atom is 0.275 e. The molecule has 0 aliphatic heterocycles. The number of aromatic nitrogens is 4. The van der Waals surface area contributed by atoms with Crippen LogP contribution in [0.5, 0.6) is 0 Å². The second kappa shape index (κ2) is 6.57. The topological polar surface area (TPSA) is 81.0 Å². The van der Waals surface area contributed by atoms with Crippen molar-refractivity contribution in [3.05, 3.63) is 64.6 Å². The summed E-state index contributed by atoms with van der Waals surface area (Å²) in [7, 11) is 1.66. The van der Waals surface area contributed by atoms with Crippen LogP contribution in [0, 0.1) is 6.92 Å². The SMILES string of the molecule is Cc1nn(CC(=O)N(C)Cc2cnccn2)c(=O)c2ccccc12. The van der Waals surface area contributed by atoms with E-state index in [-0.39, 0.29) is 18.0 Å². The fourth-order valence-electron chi connectivity index (χ4n) is 2.50. The summed E-state index contributed by atoms with van der Waals surface area (Å²) >= 11 is 0. The van der Waals surface area contributed by atoms with Gasteiger partial charge in [0, 0.05) is 24.8 Å². The minimum Gasteiger partial charge on any atom is -0.338 e. The maximum atomic E-state index is 12.5. The van der Waals surface area contributed by atoms with Gasteiger partial charge in [-0.3, -0.25) is 19.6 Å². The van der Waals surface area contributed by atoms with Gasteiger partial charge < -0.3 is 4.90 Å². The number of carbonyl (C=O) groups excluding carboxylic acids is 1. The first kappa shape index (κ1) is 15.8. The molecule has 0 N–H and O–H groups in total. The first-order valence-electron chi connectivity index (χ1n) is 7.51. The van der Waals surface area contributed by atoms with Gasteiger partial charge in [0.05, 0.1) is 29.5 Å². The highest BCUT2D eigenvalue weighted by molar-refractivity contribution is 5.83. The molecule has 0 bridgehead atoms. The summed E-state index contributed by atoms with van der Waals surface area (Å²) < 4.78 is 1.22. The van der Waals surface area contributed by atoms with Crippen LogP contribution in [0.25, 0.3) is 10.8 Å². The molecule has 0 unspecified atom stereocenters. The van der Waals surface area contributed by atoms with Crippen LogP contribution in [0.3, 0.4) is 0 Å². The third-order valence-electron chi connectivity index (χ3n) is 3.78. The number of benzene rings is 1. The zero-order valence-corrected chi connectivity index (χ0v) is 13.5. The summed E-state index contributed by atoms with van der Waals surface area (Å²) in [5.41, 5.74) is 1.13. The molecule has 0 atom stereocenters. The molecule has 0 saturated carbocycles. The average molecular weight is 323 g/mol. The highest BCUT2D eigenvalue weighted by Gasteiger charge is 2.14. The lowest BCUT2D eigenvalue weighted by atomic mass is 10.1. The molecule has 0 radical (unpaired) electrons. The fourth-order valence-corrected chi connectivity index (χ4v) is 2.50. The number of likely N-dealkylation sites (N-methyl/N-ethyl adjacent to an activating group) is 1. The molecule has 3 rings (SSSR count). The van der Waals surface area contributed by atoms with Crippen molar-refractivity contribution < 1.29 is 4.79 Å². The fraction of sp³-hybridized carbons (Fsp3) is 0.235. The summed E-state index contributed by atoms with van der Waals surface area (Å²) in [4.78, 5) is 34.5. The van der Waals surface area contributed by atoms with Crippen LogP contribution >= 0.6 is 0 Å². The third kappa shape index (κ3) is 3.15. The van der Waals surface area contributed by atoms with Crippen molar-refractivity contribution >= 4 is 16.7 Å². The Morgan fingerprint density at radius 3 is 2.67 bits per heavy atom. The van der Waals surface area contributed by atoms with Gasteiger partial charge in [-0.1, -0.05) is 18.2 Å². The van der Waals surface area contributed by atoms with Gasteiger partial charge in [-0.25, -0.2) is 4.68 Å². The molecule has 2 aromatic heterocycles. The molecule has 0 spiro atoms. The Morgan fingerprint density at radius 1 is 1.21 bits per heavy atom. The smallest absolute Gasteiger partial charge is 0.275 e. The Labute approximate surface area is 138 Å². The van der Waals surface area contributed by atoms with Crippen LogP contribution in [0.1, 0.15) is 11.4 Å². The second-order valence-electron chi connectivity index (χ2n) is 5.54. The summed E-state index contributed by atoms with van der Waals surface area (Å²) in [6.07, 6.45) is 4.76. The van der Waals surface area contributed by atoms with Crippen LogP contribution in [-0.2, 0) is 17.9 Å². The Bertz CT molecular complexity index is 937. The van der Waals surface area contributed by atoms with E-state index in [0.717, 1.165) is 11.1 Å². The predicted molar refractivity (Wildman–Crippen MR) is 89.2 cm³/mol. The van der Waals surface area contributed by atoms with E-state index in [4.69, 9.17) is 0 Å². The standard InChI is InChI=1S/C17H17N5O2/c1-12-14-5-3-4-6-15(14)17(24)22(20-12)11-16(23)21(2)10-13-9-18-7-8-19-13/h3-9H,10-11H2,1-2H3. The van der Waals surface area contributed by atoms with Gasteiger partial charge in [-0.15, -0.1) is 0 Å². The molecule has 0 aliphatic carbocycles. The molecule has 1 aromatic carbocycles. The van der Waals surface area contributed by atoms with Gasteiger partial charge in [-0.05, 0) is 13.0 Å². The molecular formula is C17H17N5O2. The summed E-state index contributed by atoms with van der Waals surface area (Å²) in [5, 5.41) is 5.63. The highest BCUT2D eigenvalue weighted by Crippen LogP contribution is 2.11. The van der Waals surface area contributed by atoms with Gasteiger partial charge in [0.25, 0.3) is 5.56 Å². The van der Waals surface area contributed by atoms with Crippen LogP contribution in [0.4, 0.5) is 0 Å². The normalized spacial score (nSPS) is 10.8. The Kier molecular flexibility index (Phi) is 4.33. The molecule has 7 heteroatoms. The molecule has 2 heterocycles. The highest BCUT2D eigenvalue weighted by atomic mass is 16.2. The van der Waals surface area contributed by atoms with Crippen LogP contribution < -0.4 is 5.56 Å². The number of carbonyl (C=O) groups is 1. The molecule has 3 aromatic rings. The molecule has 1 amide bonds. The molecule has 0 saturated heterocycles. The number of rotatable bonds is 4. The van der Waals surface area contributed by atoms with Crippen molar-refractivity contribution in [2.24, 2.45) is 0 Å². The first-order valence-corrected chi connectivity index (χ1v) is 7.51. The Hall–Kier alpha value is -3.09. The monoisotopic (exact) mass is 323 g/mol. The number of hydrogen-bond donors (Lipinski definition) is 0. The van der Waals surface area contributed by atoms with E-state index in [2.05, 4.69) is 15.1 Å². The number of amides is 1. The van der Waals surface area contributed by atoms with E-state index in [0.29, 0.717) is 17.6 Å². The van der Waals surface area contributed by atoms with Gasteiger partial charge in [0.15, 0.2) is 0 Å². The number of aryl methyl sites for hydroxylation is 1. The Morgan fingerprint density at radius 2 is 1.96 bits per heavy atom. The van der Waals surface area contributed by atoms with Crippen molar-refractivity contribution in [3.8, 4) is 0 Å². The molecule has 0 fully saturated rings. The van der Waals surface area contributed by atoms with Gasteiger partial charge in [-0.2, -0.15) is 5.10 Å². The predicted octanol–water partition coefficient (Wildman–Crippen LogP) is 1.15. The minimum absolute atomic E-state index is 0.110. The van der Waals surface area contributed by atoms with E-state index in [1.54, 1.807) is 37.8 Å². The zero-order chi connectivity index (χ0) is 17.1. The number of nitrogens with zero attached hydrogens (tertiary/aromatic N) is 5. The number of hydrogen-bond acceptors (Lipinski definition) is 5. The zero-order valence-electron chi connectivity index (χ0n) is 13.5. The van der Waals surface area contributed by atoms with E-state index in [9.17, 15) is 9.59 Å². The lowest BCUT2D eigenvalue weighted by Gasteiger charge is -2.17. The van der Waals surface area contributed by atoms with Gasteiger partial charge in [0.1, 0.15) is 6.54 Å². The van der Waals surface area contributed by atoms with Crippen molar-refractivity contribution in [1.82, 2.24) is 24.6 Å². The second-order valence-corrected chi connectivity index (χ2v) is 5.54. The lowest BCUT2D eigenvalue weighted by Crippen LogP contribution is -2.35. The number of fused-ring (bicyclic) bond motifs is 1. The quantitative estimate of drug-likeness (QED) is 0.719. The third-order valence-corrected chi connectivity index (χ3v) is 3.78. The van der Waals surface area contributed by atoms with E-state index in [1.165, 1.54) is 9.58 Å². The first-order chi connectivity index (χ1) is 11.6. The summed E-state index contributed by atoms with van der Waals surface area (Å²) in [6, 6.07) is 7.26. The molecule has 0 aliphatic rings. The molecule has 122 valence electrons. The lowest BCUT2D eigenvalue weighted by molar-refractivity contribution is -0.131. The summed E-state index contributed by atoms with van der Waals surface area (Å²) in [6.45, 7) is 2.04. The van der Waals surface area contributed by atoms with E-state index < -0.39 is 0 Å². The minimum atomic E-state index is -0.266. The largest absolute Gasteiger partial charge is 0.338 e. The van der Waals surface area contributed by atoms with Crippen LogP contribution in [-0.4, -0.2) is 37.6 Å². The average Bonchev–Trinajstić information content (AvgIpc) is 2.60. The van der Waals surface area contributed by atoms with E-state index in [1.807, 2.05) is 19.1 Å². The van der Waals surface area contributed by atoms with Gasteiger partial charge >= 0.3 is 0 Å². The van der Waals surface area contributed by atoms with Crippen molar-refractivity contribution in [1.29, 1.82) is 0 Å². The van der Waals surface area contributed by atoms with Crippen LogP contribution in [0.2, 0.25) is 0 Å². The molecule has 24 heavy (non-hydrogen) atoms.